The Balaban J connectivity index is 4.25. The van der Waals surface area contributed by atoms with Gasteiger partial charge in [0.25, 0.3) is 0 Å². The zero-order valence-corrected chi connectivity index (χ0v) is 17.0. The summed E-state index contributed by atoms with van der Waals surface area (Å²) in [5.41, 5.74) is 0. The minimum Gasteiger partial charge on any atom is -0.326 e. The molecule has 0 bridgehead atoms. The van der Waals surface area contributed by atoms with Gasteiger partial charge in [0.1, 0.15) is 5.90 Å². The lowest BCUT2D eigenvalue weighted by Gasteiger charge is -2.19. The lowest BCUT2D eigenvalue weighted by molar-refractivity contribution is 0.277. The molecule has 0 aliphatic heterocycles. The van der Waals surface area contributed by atoms with Crippen molar-refractivity contribution < 1.29 is 22.7 Å². The standard InChI is InChI=1S/C16H34O5P2/c1-5-7-8-9-10-11-12-13-14-15-22(17,21-6-2)16-23(18,19-3)20-4/h14-15H,5-13,16H2,1-4H3. The van der Waals surface area contributed by atoms with E-state index in [4.69, 9.17) is 13.6 Å². The fourth-order valence-electron chi connectivity index (χ4n) is 2.24. The second-order valence-corrected chi connectivity index (χ2v) is 10.6. The second kappa shape index (κ2) is 13.4. The molecule has 23 heavy (non-hydrogen) atoms. The number of rotatable bonds is 15. The van der Waals surface area contributed by atoms with Crippen molar-refractivity contribution in [2.45, 2.75) is 65.2 Å². The van der Waals surface area contributed by atoms with E-state index in [1.54, 1.807) is 12.7 Å². The van der Waals surface area contributed by atoms with Gasteiger partial charge in [-0.05, 0) is 25.6 Å². The predicted molar refractivity (Wildman–Crippen MR) is 97.5 cm³/mol. The van der Waals surface area contributed by atoms with Gasteiger partial charge in [0.15, 0.2) is 0 Å². The molecule has 0 spiro atoms. The number of hydrogen-bond acceptors (Lipinski definition) is 5. The largest absolute Gasteiger partial charge is 0.340 e. The van der Waals surface area contributed by atoms with Crippen LogP contribution in [0.5, 0.6) is 0 Å². The van der Waals surface area contributed by atoms with Gasteiger partial charge in [-0.2, -0.15) is 0 Å². The molecule has 0 fully saturated rings. The molecule has 0 aliphatic rings. The first-order valence-electron chi connectivity index (χ1n) is 8.56. The Bertz CT molecular complexity index is 401. The van der Waals surface area contributed by atoms with E-state index in [1.165, 1.54) is 52.7 Å². The number of hydrogen-bond donors (Lipinski definition) is 0. The molecule has 0 heterocycles. The van der Waals surface area contributed by atoms with Crippen molar-refractivity contribution in [1.29, 1.82) is 0 Å². The van der Waals surface area contributed by atoms with Crippen LogP contribution in [0.25, 0.3) is 0 Å². The van der Waals surface area contributed by atoms with E-state index in [0.29, 0.717) is 6.61 Å². The molecule has 0 saturated heterocycles. The highest BCUT2D eigenvalue weighted by Crippen LogP contribution is 2.63. The molecule has 0 radical (unpaired) electrons. The first-order chi connectivity index (χ1) is 10.9. The second-order valence-electron chi connectivity index (χ2n) is 5.56. The Morgan fingerprint density at radius 2 is 1.43 bits per heavy atom. The van der Waals surface area contributed by atoms with Crippen LogP contribution in [0.2, 0.25) is 0 Å². The van der Waals surface area contributed by atoms with Crippen LogP contribution < -0.4 is 0 Å². The van der Waals surface area contributed by atoms with Crippen molar-refractivity contribution >= 4 is 15.0 Å². The normalized spacial score (nSPS) is 15.1. The van der Waals surface area contributed by atoms with E-state index >= 15 is 0 Å². The van der Waals surface area contributed by atoms with Crippen molar-refractivity contribution in [3.8, 4) is 0 Å². The summed E-state index contributed by atoms with van der Waals surface area (Å²) in [4.78, 5) is 0. The third-order valence-corrected chi connectivity index (χ3v) is 9.02. The van der Waals surface area contributed by atoms with Gasteiger partial charge < -0.3 is 13.6 Å². The monoisotopic (exact) mass is 368 g/mol. The van der Waals surface area contributed by atoms with E-state index in [-0.39, 0.29) is 5.90 Å². The van der Waals surface area contributed by atoms with E-state index in [9.17, 15) is 9.13 Å². The fourth-order valence-corrected chi connectivity index (χ4v) is 6.94. The lowest BCUT2D eigenvalue weighted by Crippen LogP contribution is -1.98. The molecular formula is C16H34O5P2. The summed E-state index contributed by atoms with van der Waals surface area (Å²) in [7, 11) is -3.90. The summed E-state index contributed by atoms with van der Waals surface area (Å²) >= 11 is 0. The smallest absolute Gasteiger partial charge is 0.326 e. The fraction of sp³-hybridized carbons (Fsp3) is 0.875. The van der Waals surface area contributed by atoms with Crippen molar-refractivity contribution in [1.82, 2.24) is 0 Å². The quantitative estimate of drug-likeness (QED) is 0.247. The van der Waals surface area contributed by atoms with Crippen LogP contribution in [0.4, 0.5) is 0 Å². The molecule has 0 N–H and O–H groups in total. The van der Waals surface area contributed by atoms with Crippen LogP contribution in [-0.4, -0.2) is 26.7 Å². The van der Waals surface area contributed by atoms with Crippen LogP contribution in [0.15, 0.2) is 11.9 Å². The van der Waals surface area contributed by atoms with Gasteiger partial charge in [-0.25, -0.2) is 0 Å². The summed E-state index contributed by atoms with van der Waals surface area (Å²) < 4.78 is 40.0. The molecule has 0 aromatic rings. The Labute approximate surface area is 142 Å². The molecule has 0 rings (SSSR count). The average Bonchev–Trinajstić information content (AvgIpc) is 2.53. The molecule has 1 unspecified atom stereocenters. The van der Waals surface area contributed by atoms with Gasteiger partial charge in [0.05, 0.1) is 6.61 Å². The number of unbranched alkanes of at least 4 members (excludes halogenated alkanes) is 7. The van der Waals surface area contributed by atoms with E-state index < -0.39 is 15.0 Å². The lowest BCUT2D eigenvalue weighted by atomic mass is 10.1. The molecule has 138 valence electrons. The van der Waals surface area contributed by atoms with Crippen LogP contribution in [0.1, 0.15) is 65.2 Å². The van der Waals surface area contributed by atoms with Gasteiger partial charge in [-0.3, -0.25) is 9.13 Å². The van der Waals surface area contributed by atoms with Crippen LogP contribution in [0, 0.1) is 0 Å². The first-order valence-corrected chi connectivity index (χ1v) is 12.2. The maximum atomic E-state index is 12.7. The van der Waals surface area contributed by atoms with Crippen LogP contribution in [-0.2, 0) is 22.7 Å². The molecule has 0 aromatic heterocycles. The summed E-state index contributed by atoms with van der Waals surface area (Å²) in [5, 5.41) is 0. The Kier molecular flexibility index (Phi) is 13.4. The summed E-state index contributed by atoms with van der Waals surface area (Å²) in [6, 6.07) is 0. The third kappa shape index (κ3) is 11.3. The van der Waals surface area contributed by atoms with Crippen molar-refractivity contribution in [2.75, 3.05) is 26.7 Å². The highest BCUT2D eigenvalue weighted by Gasteiger charge is 2.33. The van der Waals surface area contributed by atoms with Crippen molar-refractivity contribution in [3.63, 3.8) is 0 Å². The molecule has 0 aliphatic carbocycles. The van der Waals surface area contributed by atoms with Gasteiger partial charge >= 0.3 is 7.60 Å². The zero-order valence-electron chi connectivity index (χ0n) is 15.2. The highest BCUT2D eigenvalue weighted by molar-refractivity contribution is 7.75. The molecule has 5 nitrogen and oxygen atoms in total. The Morgan fingerprint density at radius 3 is 1.96 bits per heavy atom. The summed E-state index contributed by atoms with van der Waals surface area (Å²) in [6.07, 6.45) is 11.4. The zero-order chi connectivity index (χ0) is 17.6. The molecular weight excluding hydrogens is 334 g/mol. The van der Waals surface area contributed by atoms with Crippen molar-refractivity contribution in [2.24, 2.45) is 0 Å². The predicted octanol–water partition coefficient (Wildman–Crippen LogP) is 6.40. The van der Waals surface area contributed by atoms with E-state index in [2.05, 4.69) is 6.92 Å². The van der Waals surface area contributed by atoms with Crippen LogP contribution in [0.3, 0.4) is 0 Å². The summed E-state index contributed by atoms with van der Waals surface area (Å²) in [6.45, 7) is 4.28. The maximum absolute atomic E-state index is 12.7. The topological polar surface area (TPSA) is 61.8 Å². The summed E-state index contributed by atoms with van der Waals surface area (Å²) in [5.74, 6) is 1.35. The average molecular weight is 368 g/mol. The minimum atomic E-state index is -3.35. The third-order valence-electron chi connectivity index (χ3n) is 3.58. The highest BCUT2D eigenvalue weighted by atomic mass is 31.2. The number of allylic oxidation sites excluding steroid dienone is 1. The molecule has 0 aromatic carbocycles. The molecule has 7 heteroatoms. The van der Waals surface area contributed by atoms with Crippen molar-refractivity contribution in [3.05, 3.63) is 11.9 Å². The Morgan fingerprint density at radius 1 is 0.870 bits per heavy atom. The van der Waals surface area contributed by atoms with E-state index in [0.717, 1.165) is 12.8 Å². The maximum Gasteiger partial charge on any atom is 0.340 e. The van der Waals surface area contributed by atoms with Crippen LogP contribution >= 0.6 is 15.0 Å². The Hall–Kier alpha value is 0.0800. The first kappa shape index (κ1) is 23.1. The molecule has 0 amide bonds. The minimum absolute atomic E-state index is 0.214. The van der Waals surface area contributed by atoms with E-state index in [1.807, 2.05) is 6.08 Å². The van der Waals surface area contributed by atoms with Gasteiger partial charge in [-0.1, -0.05) is 51.5 Å². The SMILES string of the molecule is CCCCCCCCCC=CP(=O)(CP(=O)(OC)OC)OCC. The molecule has 1 atom stereocenters. The van der Waals surface area contributed by atoms with Gasteiger partial charge in [0, 0.05) is 14.2 Å². The van der Waals surface area contributed by atoms with Gasteiger partial charge in [0.2, 0.25) is 7.37 Å². The molecule has 0 saturated carbocycles. The van der Waals surface area contributed by atoms with Gasteiger partial charge in [-0.15, -0.1) is 0 Å².